The van der Waals surface area contributed by atoms with E-state index in [4.69, 9.17) is 4.42 Å². The Morgan fingerprint density at radius 1 is 0.906 bits per heavy atom. The zero-order chi connectivity index (χ0) is 22.0. The number of imide groups is 1. The second-order valence-electron chi connectivity index (χ2n) is 8.14. The van der Waals surface area contributed by atoms with Gasteiger partial charge in [0.2, 0.25) is 17.6 Å². The van der Waals surface area contributed by atoms with Crippen molar-refractivity contribution in [1.29, 1.82) is 0 Å². The third kappa shape index (κ3) is 2.42. The van der Waals surface area contributed by atoms with Gasteiger partial charge in [-0.2, -0.15) is 0 Å². The van der Waals surface area contributed by atoms with Crippen molar-refractivity contribution < 1.29 is 23.2 Å². The molecule has 2 fully saturated rings. The average Bonchev–Trinajstić information content (AvgIpc) is 3.51. The maximum absolute atomic E-state index is 14.6. The second-order valence-corrected chi connectivity index (χ2v) is 8.14. The van der Waals surface area contributed by atoms with Gasteiger partial charge in [-0.3, -0.25) is 14.4 Å². The standard InChI is InChI=1S/C25H17FN2O4/c26-16-8-3-4-9-17(16)28-24(30)19-20(25(28)31)22(23(29)18-10-5-13-32-18)27-12-11-14-6-1-2-7-15(14)21(19)27/h1-13,19-22H/t19-,20+,21-,22-/m0/s1. The van der Waals surface area contributed by atoms with E-state index in [9.17, 15) is 18.8 Å². The fourth-order valence-corrected chi connectivity index (χ4v) is 5.29. The quantitative estimate of drug-likeness (QED) is 0.469. The summed E-state index contributed by atoms with van der Waals surface area (Å²) < 4.78 is 19.9. The molecular formula is C25H17FN2O4. The average molecular weight is 428 g/mol. The fraction of sp³-hybridized carbons (Fsp3) is 0.160. The van der Waals surface area contributed by atoms with Crippen LogP contribution in [-0.4, -0.2) is 28.5 Å². The minimum absolute atomic E-state index is 0.0905. The van der Waals surface area contributed by atoms with Crippen LogP contribution in [0.1, 0.15) is 27.7 Å². The first-order chi connectivity index (χ1) is 15.6. The van der Waals surface area contributed by atoms with Gasteiger partial charge in [0.1, 0.15) is 11.9 Å². The van der Waals surface area contributed by atoms with Gasteiger partial charge in [0.15, 0.2) is 5.76 Å². The zero-order valence-corrected chi connectivity index (χ0v) is 16.7. The first kappa shape index (κ1) is 18.7. The molecule has 7 heteroatoms. The van der Waals surface area contributed by atoms with Crippen LogP contribution < -0.4 is 4.90 Å². The number of carbonyl (C=O) groups excluding carboxylic acids is 3. The van der Waals surface area contributed by atoms with Crippen molar-refractivity contribution in [2.75, 3.05) is 4.90 Å². The maximum atomic E-state index is 14.6. The molecule has 4 atom stereocenters. The highest BCUT2D eigenvalue weighted by Gasteiger charge is 2.65. The molecule has 0 spiro atoms. The van der Waals surface area contributed by atoms with Crippen LogP contribution in [0.15, 0.2) is 77.5 Å². The summed E-state index contributed by atoms with van der Waals surface area (Å²) in [5, 5.41) is 0. The van der Waals surface area contributed by atoms with Crippen molar-refractivity contribution in [2.24, 2.45) is 11.8 Å². The number of rotatable bonds is 3. The lowest BCUT2D eigenvalue weighted by Gasteiger charge is -2.35. The smallest absolute Gasteiger partial charge is 0.240 e. The van der Waals surface area contributed by atoms with Crippen LogP contribution in [-0.2, 0) is 9.59 Å². The van der Waals surface area contributed by atoms with E-state index in [-0.39, 0.29) is 17.2 Å². The van der Waals surface area contributed by atoms with E-state index in [0.717, 1.165) is 16.0 Å². The summed E-state index contributed by atoms with van der Waals surface area (Å²) in [6, 6.07) is 15.0. The molecule has 1 aromatic heterocycles. The molecule has 6 rings (SSSR count). The van der Waals surface area contributed by atoms with Gasteiger partial charge in [0.05, 0.1) is 29.8 Å². The number of ketones is 1. The van der Waals surface area contributed by atoms with Crippen LogP contribution in [0.25, 0.3) is 6.08 Å². The molecule has 0 aliphatic carbocycles. The number of amides is 2. The Hall–Kier alpha value is -4.00. The molecule has 3 aromatic rings. The summed E-state index contributed by atoms with van der Waals surface area (Å²) in [6.07, 6.45) is 5.04. The Morgan fingerprint density at radius 2 is 1.66 bits per heavy atom. The second kappa shape index (κ2) is 6.75. The van der Waals surface area contributed by atoms with Gasteiger partial charge < -0.3 is 9.32 Å². The minimum Gasteiger partial charge on any atom is -0.461 e. The molecule has 4 heterocycles. The summed E-state index contributed by atoms with van der Waals surface area (Å²) in [5.74, 6) is -3.78. The van der Waals surface area contributed by atoms with Crippen molar-refractivity contribution in [3.05, 3.63) is 95.8 Å². The first-order valence-corrected chi connectivity index (χ1v) is 10.3. The van der Waals surface area contributed by atoms with Crippen LogP contribution in [0.2, 0.25) is 0 Å². The monoisotopic (exact) mass is 428 g/mol. The van der Waals surface area contributed by atoms with Crippen LogP contribution in [0.4, 0.5) is 10.1 Å². The van der Waals surface area contributed by atoms with E-state index in [1.54, 1.807) is 29.3 Å². The van der Waals surface area contributed by atoms with E-state index < -0.39 is 41.6 Å². The van der Waals surface area contributed by atoms with E-state index in [1.165, 1.54) is 24.5 Å². The lowest BCUT2D eigenvalue weighted by atomic mass is 9.84. The fourth-order valence-electron chi connectivity index (χ4n) is 5.29. The van der Waals surface area contributed by atoms with Crippen molar-refractivity contribution in [2.45, 2.75) is 12.1 Å². The van der Waals surface area contributed by atoms with Crippen LogP contribution in [0.3, 0.4) is 0 Å². The molecule has 158 valence electrons. The topological polar surface area (TPSA) is 70.8 Å². The number of hydrogen-bond donors (Lipinski definition) is 0. The highest BCUT2D eigenvalue weighted by Crippen LogP contribution is 2.53. The molecule has 0 N–H and O–H groups in total. The molecule has 0 radical (unpaired) electrons. The Kier molecular flexibility index (Phi) is 3.95. The molecular weight excluding hydrogens is 411 g/mol. The molecule has 32 heavy (non-hydrogen) atoms. The van der Waals surface area contributed by atoms with Gasteiger partial charge in [-0.1, -0.05) is 36.4 Å². The van der Waals surface area contributed by atoms with E-state index in [2.05, 4.69) is 0 Å². The minimum atomic E-state index is -0.958. The molecule has 3 aliphatic rings. The third-order valence-electron chi connectivity index (χ3n) is 6.59. The zero-order valence-electron chi connectivity index (χ0n) is 16.7. The summed E-state index contributed by atoms with van der Waals surface area (Å²) >= 11 is 0. The lowest BCUT2D eigenvalue weighted by molar-refractivity contribution is -0.123. The highest BCUT2D eigenvalue weighted by atomic mass is 19.1. The molecule has 0 saturated carbocycles. The Bertz CT molecular complexity index is 1300. The Morgan fingerprint density at radius 3 is 2.44 bits per heavy atom. The Labute approximate surface area is 182 Å². The van der Waals surface area contributed by atoms with Gasteiger partial charge in [-0.25, -0.2) is 9.29 Å². The SMILES string of the molecule is O=C(c1ccco1)[C@@H]1[C@@H]2C(=O)N(c3ccccc3F)C(=O)[C@@H]2[C@@H]2c3ccccc3C=CN12. The van der Waals surface area contributed by atoms with Gasteiger partial charge >= 0.3 is 0 Å². The number of nitrogens with zero attached hydrogens (tertiary/aromatic N) is 2. The molecule has 0 bridgehead atoms. The molecule has 2 saturated heterocycles. The van der Waals surface area contributed by atoms with Crippen molar-refractivity contribution in [3.8, 4) is 0 Å². The highest BCUT2D eigenvalue weighted by molar-refractivity contribution is 6.24. The van der Waals surface area contributed by atoms with E-state index >= 15 is 0 Å². The number of anilines is 1. The largest absolute Gasteiger partial charge is 0.461 e. The number of fused-ring (bicyclic) bond motifs is 5. The third-order valence-corrected chi connectivity index (χ3v) is 6.59. The van der Waals surface area contributed by atoms with E-state index in [1.807, 2.05) is 30.3 Å². The van der Waals surface area contributed by atoms with Gasteiger partial charge in [-0.15, -0.1) is 0 Å². The van der Waals surface area contributed by atoms with Crippen molar-refractivity contribution >= 4 is 29.4 Å². The Balaban J connectivity index is 1.52. The summed E-state index contributed by atoms with van der Waals surface area (Å²) in [7, 11) is 0. The molecule has 3 aliphatic heterocycles. The number of hydrogen-bond acceptors (Lipinski definition) is 5. The van der Waals surface area contributed by atoms with Crippen LogP contribution in [0, 0.1) is 17.7 Å². The van der Waals surface area contributed by atoms with Crippen LogP contribution >= 0.6 is 0 Å². The normalized spacial score (nSPS) is 25.7. The molecule has 2 aromatic carbocycles. The predicted octanol–water partition coefficient (Wildman–Crippen LogP) is 3.82. The predicted molar refractivity (Wildman–Crippen MR) is 113 cm³/mol. The number of furan rings is 1. The summed E-state index contributed by atoms with van der Waals surface area (Å²) in [5.41, 5.74) is 1.69. The van der Waals surface area contributed by atoms with Gasteiger partial charge in [0, 0.05) is 6.20 Å². The van der Waals surface area contributed by atoms with Gasteiger partial charge in [-0.05, 0) is 41.5 Å². The number of Topliss-reactive ketones (excluding diaryl/α,β-unsaturated/α-hetero) is 1. The number of para-hydroxylation sites is 1. The number of benzene rings is 2. The molecule has 2 amide bonds. The van der Waals surface area contributed by atoms with Crippen LogP contribution in [0.5, 0.6) is 0 Å². The summed E-state index contributed by atoms with van der Waals surface area (Å²) in [6.45, 7) is 0. The molecule has 6 nitrogen and oxygen atoms in total. The van der Waals surface area contributed by atoms with Crippen molar-refractivity contribution in [3.63, 3.8) is 0 Å². The van der Waals surface area contributed by atoms with Crippen molar-refractivity contribution in [1.82, 2.24) is 4.90 Å². The van der Waals surface area contributed by atoms with Gasteiger partial charge in [0.25, 0.3) is 0 Å². The van der Waals surface area contributed by atoms with E-state index in [0.29, 0.717) is 0 Å². The lowest BCUT2D eigenvalue weighted by Crippen LogP contribution is -2.44. The first-order valence-electron chi connectivity index (χ1n) is 10.3. The number of halogens is 1. The number of carbonyl (C=O) groups is 3. The maximum Gasteiger partial charge on any atom is 0.240 e. The summed E-state index contributed by atoms with van der Waals surface area (Å²) in [4.78, 5) is 43.4. The molecule has 0 unspecified atom stereocenters.